The van der Waals surface area contributed by atoms with Crippen molar-refractivity contribution in [1.82, 2.24) is 9.80 Å². The number of nitrogens with zero attached hydrogens (tertiary/aromatic N) is 2. The van der Waals surface area contributed by atoms with E-state index in [4.69, 9.17) is 4.74 Å². The summed E-state index contributed by atoms with van der Waals surface area (Å²) in [5, 5.41) is 0. The number of methoxy groups -OCH3 is 1. The molecule has 2 rings (SSSR count). The molecule has 22 heavy (non-hydrogen) atoms. The summed E-state index contributed by atoms with van der Waals surface area (Å²) in [6.45, 7) is 4.71. The molecule has 1 aromatic rings. The van der Waals surface area contributed by atoms with Crippen LogP contribution in [0.1, 0.15) is 25.5 Å². The molecule has 5 nitrogen and oxygen atoms in total. The lowest BCUT2D eigenvalue weighted by molar-refractivity contribution is -0.139. The minimum Gasteiger partial charge on any atom is -0.497 e. The van der Waals surface area contributed by atoms with Gasteiger partial charge < -0.3 is 14.5 Å². The normalized spacial score (nSPS) is 15.8. The van der Waals surface area contributed by atoms with Gasteiger partial charge in [0.25, 0.3) is 0 Å². The van der Waals surface area contributed by atoms with Crippen molar-refractivity contribution in [3.63, 3.8) is 0 Å². The van der Waals surface area contributed by atoms with E-state index < -0.39 is 0 Å². The Balaban J connectivity index is 2.08. The number of carbonyl (C=O) groups excluding carboxylic acids is 2. The van der Waals surface area contributed by atoms with Crippen LogP contribution in [0.4, 0.5) is 0 Å². The zero-order valence-corrected chi connectivity index (χ0v) is 14.1. The Morgan fingerprint density at radius 2 is 2.27 bits per heavy atom. The van der Waals surface area contributed by atoms with Crippen LogP contribution in [0.15, 0.2) is 24.3 Å². The minimum atomic E-state index is -0.0574. The molecule has 2 amide bonds. The van der Waals surface area contributed by atoms with Crippen LogP contribution in [0.25, 0.3) is 0 Å². The standard InChI is InChI=1S/C16H22N2O3S/c1-4-18(15(19)9-17-11-22-10-16(17)20)12(2)13-6-5-7-14(8-13)21-3/h5-8,12H,4,9-11H2,1-3H3. The summed E-state index contributed by atoms with van der Waals surface area (Å²) in [5.41, 5.74) is 1.02. The van der Waals surface area contributed by atoms with Gasteiger partial charge in [0.15, 0.2) is 0 Å². The van der Waals surface area contributed by atoms with Crippen LogP contribution in [0.3, 0.4) is 0 Å². The number of hydrogen-bond acceptors (Lipinski definition) is 4. The van der Waals surface area contributed by atoms with Gasteiger partial charge in [0.05, 0.1) is 24.8 Å². The first-order chi connectivity index (χ1) is 10.6. The van der Waals surface area contributed by atoms with Crippen molar-refractivity contribution in [1.29, 1.82) is 0 Å². The summed E-state index contributed by atoms with van der Waals surface area (Å²) < 4.78 is 5.24. The highest BCUT2D eigenvalue weighted by Crippen LogP contribution is 2.24. The zero-order chi connectivity index (χ0) is 16.1. The lowest BCUT2D eigenvalue weighted by atomic mass is 10.1. The van der Waals surface area contributed by atoms with E-state index in [9.17, 15) is 9.59 Å². The number of benzene rings is 1. The quantitative estimate of drug-likeness (QED) is 0.805. The number of amides is 2. The molecule has 6 heteroatoms. The third kappa shape index (κ3) is 3.74. The van der Waals surface area contributed by atoms with Crippen molar-refractivity contribution in [3.8, 4) is 5.75 Å². The van der Waals surface area contributed by atoms with Crippen molar-refractivity contribution < 1.29 is 14.3 Å². The van der Waals surface area contributed by atoms with E-state index in [0.717, 1.165) is 11.3 Å². The number of likely N-dealkylation sites (N-methyl/N-ethyl adjacent to an activating group) is 1. The minimum absolute atomic E-state index is 0.0198. The maximum Gasteiger partial charge on any atom is 0.242 e. The molecular weight excluding hydrogens is 300 g/mol. The van der Waals surface area contributed by atoms with Gasteiger partial charge >= 0.3 is 0 Å². The first-order valence-corrected chi connectivity index (χ1v) is 8.51. The Morgan fingerprint density at radius 3 is 2.86 bits per heavy atom. The molecule has 0 radical (unpaired) electrons. The van der Waals surface area contributed by atoms with Gasteiger partial charge in [-0.15, -0.1) is 11.8 Å². The highest BCUT2D eigenvalue weighted by Gasteiger charge is 2.27. The van der Waals surface area contributed by atoms with E-state index >= 15 is 0 Å². The lowest BCUT2D eigenvalue weighted by Crippen LogP contribution is -2.42. The molecule has 1 saturated heterocycles. The molecule has 0 bridgehead atoms. The molecule has 1 aromatic carbocycles. The second-order valence-corrected chi connectivity index (χ2v) is 6.16. The van der Waals surface area contributed by atoms with Gasteiger partial charge in [-0.25, -0.2) is 0 Å². The summed E-state index contributed by atoms with van der Waals surface area (Å²) >= 11 is 1.55. The van der Waals surface area contributed by atoms with Crippen molar-refractivity contribution in [2.24, 2.45) is 0 Å². The fraction of sp³-hybridized carbons (Fsp3) is 0.500. The van der Waals surface area contributed by atoms with Crippen LogP contribution < -0.4 is 4.74 Å². The van der Waals surface area contributed by atoms with Crippen LogP contribution in [0, 0.1) is 0 Å². The van der Waals surface area contributed by atoms with Crippen LogP contribution >= 0.6 is 11.8 Å². The van der Waals surface area contributed by atoms with Gasteiger partial charge in [-0.2, -0.15) is 0 Å². The monoisotopic (exact) mass is 322 g/mol. The van der Waals surface area contributed by atoms with E-state index in [0.29, 0.717) is 18.2 Å². The maximum atomic E-state index is 12.5. The van der Waals surface area contributed by atoms with Gasteiger partial charge in [0.1, 0.15) is 12.3 Å². The molecule has 1 aliphatic rings. The third-order valence-corrected chi connectivity index (χ3v) is 4.80. The fourth-order valence-electron chi connectivity index (χ4n) is 2.54. The summed E-state index contributed by atoms with van der Waals surface area (Å²) in [6.07, 6.45) is 0. The summed E-state index contributed by atoms with van der Waals surface area (Å²) in [7, 11) is 1.63. The topological polar surface area (TPSA) is 49.9 Å². The summed E-state index contributed by atoms with van der Waals surface area (Å²) in [5.74, 6) is 1.89. The van der Waals surface area contributed by atoms with E-state index in [1.54, 1.807) is 28.7 Å². The molecule has 1 aliphatic heterocycles. The highest BCUT2D eigenvalue weighted by molar-refractivity contribution is 8.00. The molecule has 0 spiro atoms. The van der Waals surface area contributed by atoms with Gasteiger partial charge in [-0.05, 0) is 31.5 Å². The van der Waals surface area contributed by atoms with Crippen LogP contribution in [0.5, 0.6) is 5.75 Å². The Kier molecular flexibility index (Phi) is 5.71. The molecular formula is C16H22N2O3S. The van der Waals surface area contributed by atoms with E-state index in [-0.39, 0.29) is 24.4 Å². The number of rotatable bonds is 6. The van der Waals surface area contributed by atoms with Gasteiger partial charge in [-0.3, -0.25) is 9.59 Å². The Bertz CT molecular complexity index is 550. The zero-order valence-electron chi connectivity index (χ0n) is 13.2. The fourth-order valence-corrected chi connectivity index (χ4v) is 3.45. The van der Waals surface area contributed by atoms with E-state index in [2.05, 4.69) is 0 Å². The molecule has 0 saturated carbocycles. The predicted octanol–water partition coefficient (Wildman–Crippen LogP) is 2.14. The van der Waals surface area contributed by atoms with E-state index in [1.165, 1.54) is 0 Å². The Morgan fingerprint density at radius 1 is 1.50 bits per heavy atom. The second-order valence-electron chi connectivity index (χ2n) is 5.20. The molecule has 0 N–H and O–H groups in total. The average Bonchev–Trinajstić information content (AvgIpc) is 2.93. The van der Waals surface area contributed by atoms with Crippen molar-refractivity contribution >= 4 is 23.6 Å². The van der Waals surface area contributed by atoms with Crippen LogP contribution in [0.2, 0.25) is 0 Å². The number of carbonyl (C=O) groups is 2. The van der Waals surface area contributed by atoms with Gasteiger partial charge in [0, 0.05) is 6.54 Å². The smallest absolute Gasteiger partial charge is 0.242 e. The molecule has 1 atom stereocenters. The lowest BCUT2D eigenvalue weighted by Gasteiger charge is -2.30. The summed E-state index contributed by atoms with van der Waals surface area (Å²) in [6, 6.07) is 7.67. The highest BCUT2D eigenvalue weighted by atomic mass is 32.2. The molecule has 0 aliphatic carbocycles. The van der Waals surface area contributed by atoms with Gasteiger partial charge in [0.2, 0.25) is 11.8 Å². The van der Waals surface area contributed by atoms with Crippen LogP contribution in [-0.2, 0) is 9.59 Å². The average molecular weight is 322 g/mol. The van der Waals surface area contributed by atoms with Crippen molar-refractivity contribution in [2.75, 3.05) is 31.8 Å². The predicted molar refractivity (Wildman–Crippen MR) is 87.8 cm³/mol. The first kappa shape index (κ1) is 16.7. The number of hydrogen-bond donors (Lipinski definition) is 0. The van der Waals surface area contributed by atoms with Crippen molar-refractivity contribution in [2.45, 2.75) is 19.9 Å². The maximum absolute atomic E-state index is 12.5. The number of ether oxygens (including phenoxy) is 1. The molecule has 1 heterocycles. The largest absolute Gasteiger partial charge is 0.497 e. The SMILES string of the molecule is CCN(C(=O)CN1CSCC1=O)C(C)c1cccc(OC)c1. The number of thioether (sulfide) groups is 1. The first-order valence-electron chi connectivity index (χ1n) is 7.35. The Hall–Kier alpha value is -1.69. The van der Waals surface area contributed by atoms with Crippen LogP contribution in [-0.4, -0.2) is 53.4 Å². The van der Waals surface area contributed by atoms with E-state index in [1.807, 2.05) is 38.1 Å². The van der Waals surface area contributed by atoms with Crippen molar-refractivity contribution in [3.05, 3.63) is 29.8 Å². The third-order valence-electron chi connectivity index (χ3n) is 3.86. The summed E-state index contributed by atoms with van der Waals surface area (Å²) in [4.78, 5) is 27.6. The molecule has 0 aromatic heterocycles. The van der Waals surface area contributed by atoms with Gasteiger partial charge in [-0.1, -0.05) is 12.1 Å². The molecule has 120 valence electrons. The second kappa shape index (κ2) is 7.54. The Labute approximate surface area is 135 Å². The molecule has 1 unspecified atom stereocenters. The molecule has 1 fully saturated rings.